The lowest BCUT2D eigenvalue weighted by atomic mass is 10.1. The molecule has 0 aliphatic heterocycles. The predicted molar refractivity (Wildman–Crippen MR) is 70.2 cm³/mol. The highest BCUT2D eigenvalue weighted by atomic mass is 19.4. The van der Waals surface area contributed by atoms with Crippen LogP contribution in [0.4, 0.5) is 13.2 Å². The van der Waals surface area contributed by atoms with E-state index in [9.17, 15) is 18.3 Å². The van der Waals surface area contributed by atoms with Gasteiger partial charge in [-0.25, -0.2) is 0 Å². The first-order valence-corrected chi connectivity index (χ1v) is 6.45. The average Bonchev–Trinajstić information content (AvgIpc) is 2.36. The summed E-state index contributed by atoms with van der Waals surface area (Å²) in [5.41, 5.74) is 0.0709. The molecule has 0 aliphatic carbocycles. The zero-order valence-electron chi connectivity index (χ0n) is 11.6. The van der Waals surface area contributed by atoms with Gasteiger partial charge < -0.3 is 15.2 Å². The second-order valence-electron chi connectivity index (χ2n) is 4.86. The molecule has 1 unspecified atom stereocenters. The Morgan fingerprint density at radius 2 is 1.80 bits per heavy atom. The van der Waals surface area contributed by atoms with Gasteiger partial charge in [-0.15, -0.1) is 0 Å². The molecule has 0 bridgehead atoms. The number of hydrogen-bond donors (Lipinski definition) is 2. The van der Waals surface area contributed by atoms with Crippen LogP contribution >= 0.6 is 0 Å². The van der Waals surface area contributed by atoms with Crippen LogP contribution in [-0.2, 0) is 17.5 Å². The van der Waals surface area contributed by atoms with Crippen molar-refractivity contribution in [1.82, 2.24) is 5.32 Å². The summed E-state index contributed by atoms with van der Waals surface area (Å²) in [6.07, 6.45) is -4.89. The van der Waals surface area contributed by atoms with Gasteiger partial charge in [0.15, 0.2) is 0 Å². The predicted octanol–water partition coefficient (Wildman–Crippen LogP) is 2.58. The normalized spacial score (nSPS) is 13.8. The van der Waals surface area contributed by atoms with Crippen LogP contribution < -0.4 is 5.32 Å². The Morgan fingerprint density at radius 1 is 1.20 bits per heavy atom. The van der Waals surface area contributed by atoms with E-state index < -0.39 is 17.8 Å². The first kappa shape index (κ1) is 16.9. The van der Waals surface area contributed by atoms with Gasteiger partial charge in [0, 0.05) is 13.1 Å². The van der Waals surface area contributed by atoms with E-state index in [1.54, 1.807) is 0 Å². The lowest BCUT2D eigenvalue weighted by Gasteiger charge is -2.14. The van der Waals surface area contributed by atoms with E-state index in [4.69, 9.17) is 4.74 Å². The monoisotopic (exact) mass is 291 g/mol. The highest BCUT2D eigenvalue weighted by molar-refractivity contribution is 5.24. The van der Waals surface area contributed by atoms with Crippen LogP contribution in [0.1, 0.15) is 25.0 Å². The van der Waals surface area contributed by atoms with Gasteiger partial charge in [0.1, 0.15) is 0 Å². The summed E-state index contributed by atoms with van der Waals surface area (Å²) in [6, 6.07) is 4.95. The minimum Gasteiger partial charge on any atom is -0.389 e. The van der Waals surface area contributed by atoms with Crippen molar-refractivity contribution < 1.29 is 23.0 Å². The molecule has 0 spiro atoms. The zero-order chi connectivity index (χ0) is 15.2. The number of aliphatic hydroxyl groups is 1. The van der Waals surface area contributed by atoms with Crippen LogP contribution in [-0.4, -0.2) is 30.5 Å². The molecular formula is C14H20F3NO2. The fourth-order valence-electron chi connectivity index (χ4n) is 1.56. The lowest BCUT2D eigenvalue weighted by Crippen LogP contribution is -2.31. The van der Waals surface area contributed by atoms with Crippen LogP contribution in [0, 0.1) is 0 Å². The Morgan fingerprint density at radius 3 is 2.30 bits per heavy atom. The molecule has 3 nitrogen and oxygen atoms in total. The number of rotatable bonds is 7. The minimum atomic E-state index is -4.31. The summed E-state index contributed by atoms with van der Waals surface area (Å²) < 4.78 is 42.3. The third-order valence-corrected chi connectivity index (χ3v) is 2.61. The molecule has 0 saturated heterocycles. The largest absolute Gasteiger partial charge is 0.416 e. The summed E-state index contributed by atoms with van der Waals surface area (Å²) in [6.45, 7) is 4.72. The molecule has 0 heterocycles. The summed E-state index contributed by atoms with van der Waals surface area (Å²) in [5, 5.41) is 12.6. The Balaban J connectivity index is 2.32. The maximum Gasteiger partial charge on any atom is 0.416 e. The van der Waals surface area contributed by atoms with Crippen molar-refractivity contribution in [3.8, 4) is 0 Å². The van der Waals surface area contributed by atoms with Crippen molar-refractivity contribution in [2.45, 2.75) is 38.8 Å². The van der Waals surface area contributed by atoms with E-state index in [0.29, 0.717) is 13.1 Å². The lowest BCUT2D eigenvalue weighted by molar-refractivity contribution is -0.137. The molecule has 0 amide bonds. The topological polar surface area (TPSA) is 41.5 Å². The van der Waals surface area contributed by atoms with E-state index in [1.165, 1.54) is 12.1 Å². The van der Waals surface area contributed by atoms with Gasteiger partial charge in [-0.1, -0.05) is 12.1 Å². The number of halogens is 3. The zero-order valence-corrected chi connectivity index (χ0v) is 11.6. The Hall–Kier alpha value is -1.11. The summed E-state index contributed by atoms with van der Waals surface area (Å²) in [4.78, 5) is 0. The maximum atomic E-state index is 12.4. The van der Waals surface area contributed by atoms with E-state index in [2.05, 4.69) is 5.32 Å². The highest BCUT2D eigenvalue weighted by Gasteiger charge is 2.29. The Bertz CT molecular complexity index is 390. The standard InChI is InChI=1S/C14H20F3NO2/c1-10(2)20-9-13(19)8-18-7-11-3-5-12(6-4-11)14(15,16)17/h3-6,10,13,18-19H,7-9H2,1-2H3. The summed E-state index contributed by atoms with van der Waals surface area (Å²) in [5.74, 6) is 0. The fraction of sp³-hybridized carbons (Fsp3) is 0.571. The van der Waals surface area contributed by atoms with Crippen LogP contribution in [0.5, 0.6) is 0 Å². The number of hydrogen-bond acceptors (Lipinski definition) is 3. The minimum absolute atomic E-state index is 0.0552. The summed E-state index contributed by atoms with van der Waals surface area (Å²) >= 11 is 0. The summed E-state index contributed by atoms with van der Waals surface area (Å²) in [7, 11) is 0. The smallest absolute Gasteiger partial charge is 0.389 e. The number of benzene rings is 1. The molecular weight excluding hydrogens is 271 g/mol. The molecule has 0 fully saturated rings. The van der Waals surface area contributed by atoms with Crippen LogP contribution in [0.2, 0.25) is 0 Å². The van der Waals surface area contributed by atoms with Gasteiger partial charge in [-0.05, 0) is 31.5 Å². The van der Waals surface area contributed by atoms with Crippen LogP contribution in [0.25, 0.3) is 0 Å². The fourth-order valence-corrected chi connectivity index (χ4v) is 1.56. The number of alkyl halides is 3. The second kappa shape index (κ2) is 7.61. The van der Waals surface area contributed by atoms with Gasteiger partial charge in [0.2, 0.25) is 0 Å². The molecule has 1 aromatic carbocycles. The maximum absolute atomic E-state index is 12.4. The number of nitrogens with one attached hydrogen (secondary N) is 1. The van der Waals surface area contributed by atoms with Gasteiger partial charge in [-0.2, -0.15) is 13.2 Å². The molecule has 0 aromatic heterocycles. The van der Waals surface area contributed by atoms with E-state index in [-0.39, 0.29) is 12.7 Å². The third-order valence-electron chi connectivity index (χ3n) is 2.61. The average molecular weight is 291 g/mol. The first-order chi connectivity index (χ1) is 9.29. The van der Waals surface area contributed by atoms with Gasteiger partial charge >= 0.3 is 6.18 Å². The van der Waals surface area contributed by atoms with Gasteiger partial charge in [0.25, 0.3) is 0 Å². The second-order valence-corrected chi connectivity index (χ2v) is 4.86. The van der Waals surface area contributed by atoms with Crippen molar-refractivity contribution in [2.75, 3.05) is 13.2 Å². The van der Waals surface area contributed by atoms with Crippen molar-refractivity contribution in [2.24, 2.45) is 0 Å². The third kappa shape index (κ3) is 6.36. The van der Waals surface area contributed by atoms with E-state index >= 15 is 0 Å². The molecule has 1 atom stereocenters. The molecule has 0 radical (unpaired) electrons. The van der Waals surface area contributed by atoms with Crippen molar-refractivity contribution in [1.29, 1.82) is 0 Å². The molecule has 0 aliphatic rings. The molecule has 20 heavy (non-hydrogen) atoms. The Labute approximate surface area is 116 Å². The molecule has 6 heteroatoms. The van der Waals surface area contributed by atoms with Gasteiger partial charge in [0.05, 0.1) is 24.4 Å². The van der Waals surface area contributed by atoms with E-state index in [1.807, 2.05) is 13.8 Å². The highest BCUT2D eigenvalue weighted by Crippen LogP contribution is 2.28. The Kier molecular flexibility index (Phi) is 6.45. The molecule has 1 aromatic rings. The molecule has 2 N–H and O–H groups in total. The number of ether oxygens (including phenoxy) is 1. The first-order valence-electron chi connectivity index (χ1n) is 6.45. The van der Waals surface area contributed by atoms with E-state index in [0.717, 1.165) is 17.7 Å². The molecule has 114 valence electrons. The quantitative estimate of drug-likeness (QED) is 0.811. The molecule has 1 rings (SSSR count). The van der Waals surface area contributed by atoms with Crippen molar-refractivity contribution in [3.63, 3.8) is 0 Å². The van der Waals surface area contributed by atoms with Gasteiger partial charge in [-0.3, -0.25) is 0 Å². The number of aliphatic hydroxyl groups excluding tert-OH is 1. The molecule has 0 saturated carbocycles. The van der Waals surface area contributed by atoms with Crippen molar-refractivity contribution >= 4 is 0 Å². The van der Waals surface area contributed by atoms with Crippen molar-refractivity contribution in [3.05, 3.63) is 35.4 Å². The van der Waals surface area contributed by atoms with Crippen LogP contribution in [0.3, 0.4) is 0 Å². The SMILES string of the molecule is CC(C)OCC(O)CNCc1ccc(C(F)(F)F)cc1. The van der Waals surface area contributed by atoms with Crippen LogP contribution in [0.15, 0.2) is 24.3 Å².